The molecule has 0 bridgehead atoms. The fourth-order valence-electron chi connectivity index (χ4n) is 4.19. The topological polar surface area (TPSA) is 84.2 Å². The number of rotatable bonds is 6. The van der Waals surface area contributed by atoms with Crippen molar-refractivity contribution in [1.82, 2.24) is 20.0 Å². The summed E-state index contributed by atoms with van der Waals surface area (Å²) in [6, 6.07) is 7.97. The highest BCUT2D eigenvalue weighted by atomic mass is 16.5. The van der Waals surface area contributed by atoms with E-state index in [2.05, 4.69) is 44.4 Å². The van der Waals surface area contributed by atoms with Crippen molar-refractivity contribution < 1.29 is 9.32 Å². The van der Waals surface area contributed by atoms with Crippen molar-refractivity contribution in [3.8, 4) is 11.4 Å². The Morgan fingerprint density at radius 2 is 1.93 bits per heavy atom. The number of aromatic nitrogens is 3. The Hall–Kier alpha value is -3.06. The van der Waals surface area contributed by atoms with Gasteiger partial charge in [0, 0.05) is 36.6 Å². The van der Waals surface area contributed by atoms with Crippen molar-refractivity contribution in [2.75, 3.05) is 18.4 Å². The van der Waals surface area contributed by atoms with Crippen LogP contribution in [-0.2, 0) is 4.79 Å². The summed E-state index contributed by atoms with van der Waals surface area (Å²) >= 11 is 0. The van der Waals surface area contributed by atoms with Gasteiger partial charge in [-0.2, -0.15) is 4.98 Å². The summed E-state index contributed by atoms with van der Waals surface area (Å²) in [7, 11) is 0. The molecule has 7 nitrogen and oxygen atoms in total. The van der Waals surface area contributed by atoms with Gasteiger partial charge in [0.1, 0.15) is 0 Å². The van der Waals surface area contributed by atoms with Crippen molar-refractivity contribution in [3.05, 3.63) is 59.2 Å². The Bertz CT molecular complexity index is 1010. The highest BCUT2D eigenvalue weighted by Crippen LogP contribution is 2.32. The van der Waals surface area contributed by atoms with Crippen molar-refractivity contribution in [2.45, 2.75) is 46.1 Å². The van der Waals surface area contributed by atoms with Crippen LogP contribution in [0.1, 0.15) is 47.9 Å². The molecule has 30 heavy (non-hydrogen) atoms. The standard InChI is InChI=1S/C23H27N5O2/c1-15-13-16(2)21(17(3)14-15)25-20(29)8-12-28-11-4-5-19(28)23-26-22(27-30-23)18-6-9-24-10-7-18/h6-7,9-10,13-14,19H,4-5,8,11-12H2,1-3H3,(H,25,29)/t19-/m1/s1. The highest BCUT2D eigenvalue weighted by molar-refractivity contribution is 5.92. The number of nitrogens with one attached hydrogen (secondary N) is 1. The Balaban J connectivity index is 1.38. The molecule has 2 aromatic heterocycles. The minimum Gasteiger partial charge on any atom is -0.337 e. The molecule has 1 saturated heterocycles. The molecule has 0 aliphatic carbocycles. The number of aryl methyl sites for hydroxylation is 3. The first-order chi connectivity index (χ1) is 14.5. The Morgan fingerprint density at radius 3 is 2.67 bits per heavy atom. The lowest BCUT2D eigenvalue weighted by molar-refractivity contribution is -0.116. The first-order valence-corrected chi connectivity index (χ1v) is 10.4. The lowest BCUT2D eigenvalue weighted by Crippen LogP contribution is -2.28. The number of amides is 1. The second-order valence-electron chi connectivity index (χ2n) is 7.96. The van der Waals surface area contributed by atoms with Gasteiger partial charge in [-0.15, -0.1) is 0 Å². The van der Waals surface area contributed by atoms with Gasteiger partial charge in [0.25, 0.3) is 0 Å². The van der Waals surface area contributed by atoms with E-state index in [1.165, 1.54) is 5.56 Å². The molecule has 1 aliphatic heterocycles. The first kappa shape index (κ1) is 20.2. The van der Waals surface area contributed by atoms with E-state index in [0.717, 1.165) is 41.8 Å². The number of carbonyl (C=O) groups is 1. The van der Waals surface area contributed by atoms with Gasteiger partial charge < -0.3 is 9.84 Å². The molecular weight excluding hydrogens is 378 g/mol. The van der Waals surface area contributed by atoms with Crippen molar-refractivity contribution in [1.29, 1.82) is 0 Å². The molecule has 0 unspecified atom stereocenters. The number of hydrogen-bond donors (Lipinski definition) is 1. The van der Waals surface area contributed by atoms with Gasteiger partial charge in [0.2, 0.25) is 17.6 Å². The third-order valence-corrected chi connectivity index (χ3v) is 5.60. The minimum atomic E-state index is 0.0266. The van der Waals surface area contributed by atoms with Gasteiger partial charge in [-0.1, -0.05) is 22.9 Å². The molecule has 3 aromatic rings. The van der Waals surface area contributed by atoms with Crippen LogP contribution in [0, 0.1) is 20.8 Å². The Kier molecular flexibility index (Phi) is 5.90. The van der Waals surface area contributed by atoms with Crippen molar-refractivity contribution >= 4 is 11.6 Å². The minimum absolute atomic E-state index is 0.0266. The van der Waals surface area contributed by atoms with E-state index in [1.54, 1.807) is 12.4 Å². The lowest BCUT2D eigenvalue weighted by atomic mass is 10.0. The normalized spacial score (nSPS) is 16.7. The summed E-state index contributed by atoms with van der Waals surface area (Å²) in [5.74, 6) is 1.21. The molecule has 156 valence electrons. The fraction of sp³-hybridized carbons (Fsp3) is 0.391. The van der Waals surface area contributed by atoms with E-state index < -0.39 is 0 Å². The average Bonchev–Trinajstić information content (AvgIpc) is 3.39. The van der Waals surface area contributed by atoms with E-state index in [-0.39, 0.29) is 11.9 Å². The summed E-state index contributed by atoms with van der Waals surface area (Å²) in [6.45, 7) is 7.71. The molecule has 7 heteroatoms. The predicted octanol–water partition coefficient (Wildman–Crippen LogP) is 4.22. The molecule has 1 atom stereocenters. The number of likely N-dealkylation sites (tertiary alicyclic amines) is 1. The quantitative estimate of drug-likeness (QED) is 0.661. The fourth-order valence-corrected chi connectivity index (χ4v) is 4.19. The van der Waals surface area contributed by atoms with Crippen LogP contribution in [0.25, 0.3) is 11.4 Å². The maximum Gasteiger partial charge on any atom is 0.244 e. The van der Waals surface area contributed by atoms with Gasteiger partial charge in [-0.3, -0.25) is 14.7 Å². The number of pyridine rings is 1. The third-order valence-electron chi connectivity index (χ3n) is 5.60. The van der Waals surface area contributed by atoms with Crippen LogP contribution >= 0.6 is 0 Å². The van der Waals surface area contributed by atoms with Gasteiger partial charge in [0.05, 0.1) is 6.04 Å². The average molecular weight is 406 g/mol. The summed E-state index contributed by atoms with van der Waals surface area (Å²) in [4.78, 5) is 23.5. The zero-order chi connectivity index (χ0) is 21.1. The van der Waals surface area contributed by atoms with Crippen molar-refractivity contribution in [2.24, 2.45) is 0 Å². The molecule has 1 N–H and O–H groups in total. The van der Waals surface area contributed by atoms with E-state index in [4.69, 9.17) is 4.52 Å². The maximum absolute atomic E-state index is 12.6. The van der Waals surface area contributed by atoms with Gasteiger partial charge in [-0.05, 0) is 63.4 Å². The van der Waals surface area contributed by atoms with E-state index in [1.807, 2.05) is 26.0 Å². The van der Waals surface area contributed by atoms with Gasteiger partial charge >= 0.3 is 0 Å². The van der Waals surface area contributed by atoms with Crippen LogP contribution in [0.4, 0.5) is 5.69 Å². The van der Waals surface area contributed by atoms with Gasteiger partial charge in [0.15, 0.2) is 0 Å². The summed E-state index contributed by atoms with van der Waals surface area (Å²) in [5, 5.41) is 7.21. The molecule has 0 saturated carbocycles. The van der Waals surface area contributed by atoms with Crippen LogP contribution in [0.5, 0.6) is 0 Å². The number of hydrogen-bond acceptors (Lipinski definition) is 6. The van der Waals surface area contributed by atoms with Gasteiger partial charge in [-0.25, -0.2) is 0 Å². The van der Waals surface area contributed by atoms with Crippen LogP contribution in [0.15, 0.2) is 41.2 Å². The highest BCUT2D eigenvalue weighted by Gasteiger charge is 2.31. The third kappa shape index (κ3) is 4.41. The maximum atomic E-state index is 12.6. The molecule has 1 aliphatic rings. The number of carbonyl (C=O) groups excluding carboxylic acids is 1. The number of anilines is 1. The molecule has 1 amide bonds. The summed E-state index contributed by atoms with van der Waals surface area (Å²) < 4.78 is 5.55. The number of benzene rings is 1. The lowest BCUT2D eigenvalue weighted by Gasteiger charge is -2.21. The smallest absolute Gasteiger partial charge is 0.244 e. The van der Waals surface area contributed by atoms with Crippen LogP contribution in [-0.4, -0.2) is 39.0 Å². The Morgan fingerprint density at radius 1 is 1.20 bits per heavy atom. The molecule has 4 rings (SSSR count). The molecule has 1 aromatic carbocycles. The first-order valence-electron chi connectivity index (χ1n) is 10.4. The summed E-state index contributed by atoms with van der Waals surface area (Å²) in [5.41, 5.74) is 5.19. The predicted molar refractivity (Wildman–Crippen MR) is 115 cm³/mol. The van der Waals surface area contributed by atoms with E-state index in [9.17, 15) is 4.79 Å². The summed E-state index contributed by atoms with van der Waals surface area (Å²) in [6.07, 6.45) is 5.85. The Labute approximate surface area is 176 Å². The molecular formula is C23H27N5O2. The van der Waals surface area contributed by atoms with Crippen LogP contribution in [0.2, 0.25) is 0 Å². The molecule has 0 radical (unpaired) electrons. The van der Waals surface area contributed by atoms with E-state index >= 15 is 0 Å². The number of nitrogens with zero attached hydrogens (tertiary/aromatic N) is 4. The van der Waals surface area contributed by atoms with Crippen molar-refractivity contribution in [3.63, 3.8) is 0 Å². The van der Waals surface area contributed by atoms with Crippen LogP contribution < -0.4 is 5.32 Å². The molecule has 0 spiro atoms. The second kappa shape index (κ2) is 8.75. The van der Waals surface area contributed by atoms with E-state index in [0.29, 0.717) is 24.7 Å². The zero-order valence-electron chi connectivity index (χ0n) is 17.7. The zero-order valence-corrected chi connectivity index (χ0v) is 17.7. The SMILES string of the molecule is Cc1cc(C)c(NC(=O)CCN2CCC[C@@H]2c2nc(-c3ccncc3)no2)c(C)c1. The monoisotopic (exact) mass is 405 g/mol. The molecule has 3 heterocycles. The second-order valence-corrected chi connectivity index (χ2v) is 7.96. The largest absolute Gasteiger partial charge is 0.337 e. The molecule has 1 fully saturated rings. The van der Waals surface area contributed by atoms with Crippen LogP contribution in [0.3, 0.4) is 0 Å².